The van der Waals surface area contributed by atoms with Crippen molar-refractivity contribution < 1.29 is 4.74 Å². The fourth-order valence-electron chi connectivity index (χ4n) is 0.0527. The average molecular weight is 115 g/mol. The maximum atomic E-state index is 7.96. The summed E-state index contributed by atoms with van der Waals surface area (Å²) in [5.41, 5.74) is 0. The molecule has 1 unspecified atom stereocenters. The molecule has 0 saturated carbocycles. The van der Waals surface area contributed by atoms with Crippen LogP contribution in [-0.4, -0.2) is 13.2 Å². The molecule has 0 heterocycles. The monoisotopic (exact) mass is 115 g/mol. The first-order valence-electron chi connectivity index (χ1n) is 2.73. The lowest BCUT2D eigenvalue weighted by Gasteiger charge is -1.91. The zero-order valence-electron chi connectivity index (χ0n) is 5.93. The minimum Gasteiger partial charge on any atom is -0.367 e. The molecular weight excluding hydrogens is 102 g/mol. The maximum Gasteiger partial charge on any atom is 0.140 e. The Bertz CT molecular complexity index is 65.4. The summed E-state index contributed by atoms with van der Waals surface area (Å²) in [6, 6.07) is 1.89. The summed E-state index contributed by atoms with van der Waals surface area (Å²) < 4.78 is 4.54. The van der Waals surface area contributed by atoms with E-state index in [0.717, 1.165) is 0 Å². The van der Waals surface area contributed by atoms with Gasteiger partial charge >= 0.3 is 0 Å². The Morgan fingerprint density at radius 3 is 1.88 bits per heavy atom. The van der Waals surface area contributed by atoms with Gasteiger partial charge in [-0.05, 0) is 6.92 Å². The molecule has 0 aromatic heterocycles. The Labute approximate surface area is 51.1 Å². The highest BCUT2D eigenvalue weighted by Gasteiger charge is 1.88. The molecule has 0 aromatic rings. The SMILES string of the molecule is CC.COC(C)C#N. The van der Waals surface area contributed by atoms with Crippen molar-refractivity contribution in [2.45, 2.75) is 26.9 Å². The molecule has 0 spiro atoms. The predicted molar refractivity (Wildman–Crippen MR) is 33.4 cm³/mol. The highest BCUT2D eigenvalue weighted by molar-refractivity contribution is 4.77. The van der Waals surface area contributed by atoms with Gasteiger partial charge in [-0.15, -0.1) is 0 Å². The van der Waals surface area contributed by atoms with Crippen LogP contribution in [0.4, 0.5) is 0 Å². The lowest BCUT2D eigenvalue weighted by atomic mass is 10.5. The van der Waals surface area contributed by atoms with Crippen LogP contribution in [0.25, 0.3) is 0 Å². The molecule has 2 nitrogen and oxygen atoms in total. The number of rotatable bonds is 1. The third-order valence-corrected chi connectivity index (χ3v) is 0.535. The second-order valence-corrected chi connectivity index (χ2v) is 1.01. The van der Waals surface area contributed by atoms with Crippen molar-refractivity contribution in [2.75, 3.05) is 7.11 Å². The van der Waals surface area contributed by atoms with Crippen molar-refractivity contribution >= 4 is 0 Å². The first kappa shape index (κ1) is 10.4. The van der Waals surface area contributed by atoms with Crippen LogP contribution in [0.5, 0.6) is 0 Å². The number of hydrogen-bond acceptors (Lipinski definition) is 2. The summed E-state index contributed by atoms with van der Waals surface area (Å²) in [4.78, 5) is 0. The molecular formula is C6H13NO. The second-order valence-electron chi connectivity index (χ2n) is 1.01. The molecule has 48 valence electrons. The molecule has 0 amide bonds. The molecule has 0 aliphatic rings. The average Bonchev–Trinajstić information content (AvgIpc) is 1.91. The van der Waals surface area contributed by atoms with Crippen LogP contribution in [-0.2, 0) is 4.74 Å². The van der Waals surface area contributed by atoms with E-state index in [1.165, 1.54) is 7.11 Å². The van der Waals surface area contributed by atoms with Gasteiger partial charge in [-0.2, -0.15) is 5.26 Å². The van der Waals surface area contributed by atoms with Gasteiger partial charge in [0.25, 0.3) is 0 Å². The summed E-state index contributed by atoms with van der Waals surface area (Å²) in [6.07, 6.45) is -0.259. The van der Waals surface area contributed by atoms with Gasteiger partial charge in [0, 0.05) is 7.11 Å². The van der Waals surface area contributed by atoms with Crippen LogP contribution in [0.1, 0.15) is 20.8 Å². The predicted octanol–water partition coefficient (Wildman–Crippen LogP) is 1.57. The number of nitriles is 1. The standard InChI is InChI=1S/C4H7NO.C2H6/c1-4(3-5)6-2;1-2/h4H,1-2H3;1-2H3. The lowest BCUT2D eigenvalue weighted by Crippen LogP contribution is -1.97. The van der Waals surface area contributed by atoms with Crippen molar-refractivity contribution in [2.24, 2.45) is 0 Å². The molecule has 2 heteroatoms. The van der Waals surface area contributed by atoms with Crippen molar-refractivity contribution in [1.82, 2.24) is 0 Å². The van der Waals surface area contributed by atoms with Gasteiger partial charge in [0.15, 0.2) is 0 Å². The smallest absolute Gasteiger partial charge is 0.140 e. The highest BCUT2D eigenvalue weighted by atomic mass is 16.5. The summed E-state index contributed by atoms with van der Waals surface area (Å²) in [7, 11) is 1.51. The van der Waals surface area contributed by atoms with Crippen LogP contribution >= 0.6 is 0 Å². The summed E-state index contributed by atoms with van der Waals surface area (Å²) in [5, 5.41) is 7.96. The van der Waals surface area contributed by atoms with Crippen molar-refractivity contribution in [3.63, 3.8) is 0 Å². The Balaban J connectivity index is 0. The van der Waals surface area contributed by atoms with Gasteiger partial charge in [-0.25, -0.2) is 0 Å². The van der Waals surface area contributed by atoms with Crippen LogP contribution in [0.3, 0.4) is 0 Å². The molecule has 0 radical (unpaired) electrons. The number of ether oxygens (including phenoxy) is 1. The molecule has 0 rings (SSSR count). The van der Waals surface area contributed by atoms with Gasteiger partial charge in [0.2, 0.25) is 0 Å². The largest absolute Gasteiger partial charge is 0.367 e. The Morgan fingerprint density at radius 2 is 1.88 bits per heavy atom. The van der Waals surface area contributed by atoms with E-state index in [4.69, 9.17) is 5.26 Å². The van der Waals surface area contributed by atoms with E-state index in [0.29, 0.717) is 0 Å². The Morgan fingerprint density at radius 1 is 1.50 bits per heavy atom. The van der Waals surface area contributed by atoms with Crippen molar-refractivity contribution in [3.8, 4) is 6.07 Å². The third-order valence-electron chi connectivity index (χ3n) is 0.535. The third kappa shape index (κ3) is 9.07. The Hall–Kier alpha value is -0.550. The summed E-state index contributed by atoms with van der Waals surface area (Å²) >= 11 is 0. The molecule has 0 aliphatic carbocycles. The highest BCUT2D eigenvalue weighted by Crippen LogP contribution is 1.78. The van der Waals surface area contributed by atoms with E-state index in [1.807, 2.05) is 19.9 Å². The van der Waals surface area contributed by atoms with E-state index >= 15 is 0 Å². The minimum atomic E-state index is -0.259. The number of methoxy groups -OCH3 is 1. The first-order valence-corrected chi connectivity index (χ1v) is 2.73. The molecule has 1 atom stereocenters. The molecule has 8 heavy (non-hydrogen) atoms. The fraction of sp³-hybridized carbons (Fsp3) is 0.833. The van der Waals surface area contributed by atoms with Gasteiger partial charge in [0.05, 0.1) is 6.07 Å². The molecule has 0 bridgehead atoms. The van der Waals surface area contributed by atoms with Crippen LogP contribution in [0.15, 0.2) is 0 Å². The van der Waals surface area contributed by atoms with Crippen molar-refractivity contribution in [1.29, 1.82) is 5.26 Å². The van der Waals surface area contributed by atoms with E-state index < -0.39 is 0 Å². The normalized spacial score (nSPS) is 10.4. The van der Waals surface area contributed by atoms with E-state index in [2.05, 4.69) is 4.74 Å². The summed E-state index contributed by atoms with van der Waals surface area (Å²) in [5.74, 6) is 0. The molecule has 0 fully saturated rings. The first-order chi connectivity index (χ1) is 3.81. The summed E-state index contributed by atoms with van der Waals surface area (Å²) in [6.45, 7) is 5.69. The van der Waals surface area contributed by atoms with Crippen LogP contribution < -0.4 is 0 Å². The fourth-order valence-corrected chi connectivity index (χ4v) is 0.0527. The van der Waals surface area contributed by atoms with Gasteiger partial charge in [0.1, 0.15) is 6.10 Å². The van der Waals surface area contributed by atoms with E-state index in [-0.39, 0.29) is 6.10 Å². The molecule has 0 aliphatic heterocycles. The zero-order chi connectivity index (χ0) is 6.99. The quantitative estimate of drug-likeness (QED) is 0.519. The Kier molecular flexibility index (Phi) is 12.6. The van der Waals surface area contributed by atoms with Crippen LogP contribution in [0.2, 0.25) is 0 Å². The maximum absolute atomic E-state index is 7.96. The lowest BCUT2D eigenvalue weighted by molar-refractivity contribution is 0.162. The topological polar surface area (TPSA) is 33.0 Å². The minimum absolute atomic E-state index is 0.259. The van der Waals surface area contributed by atoms with Gasteiger partial charge in [-0.3, -0.25) is 0 Å². The van der Waals surface area contributed by atoms with Crippen LogP contribution in [0, 0.1) is 11.3 Å². The zero-order valence-corrected chi connectivity index (χ0v) is 5.93. The second kappa shape index (κ2) is 9.67. The number of nitrogens with zero attached hydrogens (tertiary/aromatic N) is 1. The molecule has 0 saturated heterocycles. The van der Waals surface area contributed by atoms with E-state index in [1.54, 1.807) is 6.92 Å². The molecule has 0 N–H and O–H groups in total. The molecule has 0 aromatic carbocycles. The number of hydrogen-bond donors (Lipinski definition) is 0. The van der Waals surface area contributed by atoms with Gasteiger partial charge < -0.3 is 4.74 Å². The van der Waals surface area contributed by atoms with Gasteiger partial charge in [-0.1, -0.05) is 13.8 Å². The van der Waals surface area contributed by atoms with E-state index in [9.17, 15) is 0 Å². The van der Waals surface area contributed by atoms with Crippen molar-refractivity contribution in [3.05, 3.63) is 0 Å².